The van der Waals surface area contributed by atoms with Crippen LogP contribution in [0.2, 0.25) is 0 Å². The second-order valence-corrected chi connectivity index (χ2v) is 4.64. The molecule has 0 N–H and O–H groups in total. The van der Waals surface area contributed by atoms with Gasteiger partial charge in [-0.05, 0) is 17.7 Å². The van der Waals surface area contributed by atoms with Gasteiger partial charge in [0.05, 0.1) is 13.2 Å². The van der Waals surface area contributed by atoms with Crippen LogP contribution in [0.1, 0.15) is 12.0 Å². The summed E-state index contributed by atoms with van der Waals surface area (Å²) in [6.45, 7) is 1.55. The van der Waals surface area contributed by atoms with E-state index in [-0.39, 0.29) is 0 Å². The number of carbonyl (C=O) groups is 1. The number of hydrogen-bond acceptors (Lipinski definition) is 3. The fourth-order valence-corrected chi connectivity index (χ4v) is 1.99. The van der Waals surface area contributed by atoms with Crippen LogP contribution in [0.5, 0.6) is 0 Å². The van der Waals surface area contributed by atoms with Crippen molar-refractivity contribution in [2.24, 2.45) is 0 Å². The molecule has 2 nitrogen and oxygen atoms in total. The van der Waals surface area contributed by atoms with E-state index >= 15 is 0 Å². The molecule has 0 aliphatic rings. The van der Waals surface area contributed by atoms with Crippen molar-refractivity contribution in [2.75, 3.05) is 24.7 Å². The highest BCUT2D eigenvalue weighted by Crippen LogP contribution is 2.02. The van der Waals surface area contributed by atoms with Gasteiger partial charge in [-0.2, -0.15) is 11.8 Å². The average molecular weight is 238 g/mol. The lowest BCUT2D eigenvalue weighted by molar-refractivity contribution is -0.107. The van der Waals surface area contributed by atoms with E-state index in [1.807, 2.05) is 18.2 Å². The molecule has 0 radical (unpaired) electrons. The highest BCUT2D eigenvalue weighted by molar-refractivity contribution is 7.99. The second kappa shape index (κ2) is 9.43. The standard InChI is InChI=1S/C13H18O2S/c14-8-4-11-16-12-10-15-9-7-13-5-2-1-3-6-13/h1-3,5-6,8H,4,7,9-12H2. The predicted molar refractivity (Wildman–Crippen MR) is 69.0 cm³/mol. The van der Waals surface area contributed by atoms with Gasteiger partial charge in [0, 0.05) is 12.2 Å². The first kappa shape index (κ1) is 13.3. The second-order valence-electron chi connectivity index (χ2n) is 3.42. The van der Waals surface area contributed by atoms with Crippen LogP contribution in [0, 0.1) is 0 Å². The molecule has 0 saturated heterocycles. The maximum atomic E-state index is 10.1. The Kier molecular flexibility index (Phi) is 7.82. The third kappa shape index (κ3) is 6.64. The van der Waals surface area contributed by atoms with Crippen molar-refractivity contribution in [3.05, 3.63) is 35.9 Å². The van der Waals surface area contributed by atoms with Crippen LogP contribution in [-0.4, -0.2) is 31.0 Å². The average Bonchev–Trinajstić information content (AvgIpc) is 2.34. The van der Waals surface area contributed by atoms with Crippen molar-refractivity contribution < 1.29 is 9.53 Å². The first-order chi connectivity index (χ1) is 7.93. The van der Waals surface area contributed by atoms with Crippen molar-refractivity contribution in [1.82, 2.24) is 0 Å². The first-order valence-corrected chi connectivity index (χ1v) is 6.72. The van der Waals surface area contributed by atoms with E-state index in [4.69, 9.17) is 4.74 Å². The number of hydrogen-bond donors (Lipinski definition) is 0. The van der Waals surface area contributed by atoms with Gasteiger partial charge in [0.2, 0.25) is 0 Å². The molecule has 88 valence electrons. The molecule has 0 aliphatic carbocycles. The maximum absolute atomic E-state index is 10.1. The summed E-state index contributed by atoms with van der Waals surface area (Å²) in [6, 6.07) is 10.3. The zero-order valence-corrected chi connectivity index (χ0v) is 10.2. The lowest BCUT2D eigenvalue weighted by atomic mass is 10.2. The molecule has 0 fully saturated rings. The molecule has 0 unspecified atom stereocenters. The van der Waals surface area contributed by atoms with E-state index in [0.29, 0.717) is 6.42 Å². The molecule has 1 rings (SSSR count). The Labute approximate surface area is 101 Å². The van der Waals surface area contributed by atoms with Gasteiger partial charge in [-0.15, -0.1) is 0 Å². The van der Waals surface area contributed by atoms with Crippen molar-refractivity contribution in [2.45, 2.75) is 12.8 Å². The van der Waals surface area contributed by atoms with Crippen LogP contribution in [0.25, 0.3) is 0 Å². The van der Waals surface area contributed by atoms with Crippen LogP contribution in [0.4, 0.5) is 0 Å². The monoisotopic (exact) mass is 238 g/mol. The Bertz CT molecular complexity index is 275. The number of aldehydes is 1. The van der Waals surface area contributed by atoms with Gasteiger partial charge < -0.3 is 9.53 Å². The molecule has 3 heteroatoms. The summed E-state index contributed by atoms with van der Waals surface area (Å²) in [7, 11) is 0. The predicted octanol–water partition coefficient (Wildman–Crippen LogP) is 2.57. The molecule has 0 aliphatic heterocycles. The van der Waals surface area contributed by atoms with Crippen molar-refractivity contribution in [3.8, 4) is 0 Å². The lowest BCUT2D eigenvalue weighted by Crippen LogP contribution is -2.02. The Balaban J connectivity index is 1.90. The Hall–Kier alpha value is -0.800. The molecule has 1 aromatic carbocycles. The van der Waals surface area contributed by atoms with Crippen LogP contribution in [-0.2, 0) is 16.0 Å². The minimum Gasteiger partial charge on any atom is -0.380 e. The molecule has 0 bridgehead atoms. The smallest absolute Gasteiger partial charge is 0.120 e. The zero-order chi connectivity index (χ0) is 11.5. The van der Waals surface area contributed by atoms with E-state index in [1.165, 1.54) is 5.56 Å². The Morgan fingerprint density at radius 2 is 1.94 bits per heavy atom. The summed E-state index contributed by atoms with van der Waals surface area (Å²) < 4.78 is 5.51. The quantitative estimate of drug-likeness (QED) is 0.488. The molecule has 0 amide bonds. The number of carbonyl (C=O) groups excluding carboxylic acids is 1. The number of benzene rings is 1. The van der Waals surface area contributed by atoms with Crippen LogP contribution >= 0.6 is 11.8 Å². The third-order valence-corrected chi connectivity index (χ3v) is 3.11. The van der Waals surface area contributed by atoms with E-state index in [2.05, 4.69) is 12.1 Å². The molecule has 0 saturated carbocycles. The fourth-order valence-electron chi connectivity index (χ4n) is 1.29. The van der Waals surface area contributed by atoms with Crippen molar-refractivity contribution >= 4 is 18.0 Å². The summed E-state index contributed by atoms with van der Waals surface area (Å²) in [4.78, 5) is 10.1. The normalized spacial score (nSPS) is 10.2. The van der Waals surface area contributed by atoms with Gasteiger partial charge in [-0.1, -0.05) is 30.3 Å². The number of ether oxygens (including phenoxy) is 1. The maximum Gasteiger partial charge on any atom is 0.120 e. The highest BCUT2D eigenvalue weighted by Gasteiger charge is 1.93. The van der Waals surface area contributed by atoms with Crippen molar-refractivity contribution in [3.63, 3.8) is 0 Å². The molecule has 16 heavy (non-hydrogen) atoms. The number of rotatable bonds is 9. The first-order valence-electron chi connectivity index (χ1n) is 5.56. The lowest BCUT2D eigenvalue weighted by Gasteiger charge is -2.03. The van der Waals surface area contributed by atoms with Crippen LogP contribution in [0.15, 0.2) is 30.3 Å². The van der Waals surface area contributed by atoms with Gasteiger partial charge in [0.1, 0.15) is 6.29 Å². The van der Waals surface area contributed by atoms with Gasteiger partial charge in [-0.3, -0.25) is 0 Å². The minimum absolute atomic E-state index is 0.648. The van der Waals surface area contributed by atoms with E-state index in [9.17, 15) is 4.79 Å². The number of thioether (sulfide) groups is 1. The molecule has 0 spiro atoms. The highest BCUT2D eigenvalue weighted by atomic mass is 32.2. The Morgan fingerprint density at radius 1 is 1.12 bits per heavy atom. The summed E-state index contributed by atoms with van der Waals surface area (Å²) in [5.41, 5.74) is 1.32. The summed E-state index contributed by atoms with van der Waals surface area (Å²) >= 11 is 1.77. The van der Waals surface area contributed by atoms with Gasteiger partial charge in [-0.25, -0.2) is 0 Å². The molecule has 0 heterocycles. The molecular weight excluding hydrogens is 220 g/mol. The summed E-state index contributed by atoms with van der Waals surface area (Å²) in [5, 5.41) is 0. The minimum atomic E-state index is 0.648. The largest absolute Gasteiger partial charge is 0.380 e. The molecule has 1 aromatic rings. The summed E-state index contributed by atoms with van der Waals surface area (Å²) in [6.07, 6.45) is 2.58. The van der Waals surface area contributed by atoms with Crippen LogP contribution < -0.4 is 0 Å². The summed E-state index contributed by atoms with van der Waals surface area (Å²) in [5.74, 6) is 1.88. The van der Waals surface area contributed by atoms with E-state index < -0.39 is 0 Å². The van der Waals surface area contributed by atoms with Gasteiger partial charge >= 0.3 is 0 Å². The molecule has 0 atom stereocenters. The topological polar surface area (TPSA) is 26.3 Å². The third-order valence-electron chi connectivity index (χ3n) is 2.13. The molecular formula is C13H18O2S. The van der Waals surface area contributed by atoms with Crippen LogP contribution in [0.3, 0.4) is 0 Å². The van der Waals surface area contributed by atoms with E-state index in [0.717, 1.165) is 37.4 Å². The van der Waals surface area contributed by atoms with Gasteiger partial charge in [0.25, 0.3) is 0 Å². The fraction of sp³-hybridized carbons (Fsp3) is 0.462. The van der Waals surface area contributed by atoms with Gasteiger partial charge in [0.15, 0.2) is 0 Å². The Morgan fingerprint density at radius 3 is 2.69 bits per heavy atom. The molecule has 0 aromatic heterocycles. The zero-order valence-electron chi connectivity index (χ0n) is 9.43. The van der Waals surface area contributed by atoms with Crippen molar-refractivity contribution in [1.29, 1.82) is 0 Å². The SMILES string of the molecule is O=CCCSCCOCCc1ccccc1. The van der Waals surface area contributed by atoms with E-state index in [1.54, 1.807) is 11.8 Å².